The van der Waals surface area contributed by atoms with Gasteiger partial charge >= 0.3 is 0 Å². The number of unbranched alkanes of at least 4 members (excludes halogenated alkanes) is 1. The molecule has 1 nitrogen and oxygen atoms in total. The molecule has 0 amide bonds. The summed E-state index contributed by atoms with van der Waals surface area (Å²) in [7, 11) is 0. The Morgan fingerprint density at radius 3 is 2.52 bits per heavy atom. The summed E-state index contributed by atoms with van der Waals surface area (Å²) < 4.78 is 13.5. The summed E-state index contributed by atoms with van der Waals surface area (Å²) in [5.41, 5.74) is 3.11. The second-order valence-electron chi connectivity index (χ2n) is 5.63. The van der Waals surface area contributed by atoms with Crippen LogP contribution >= 0.6 is 0 Å². The van der Waals surface area contributed by atoms with Crippen molar-refractivity contribution in [2.45, 2.75) is 39.2 Å². The van der Waals surface area contributed by atoms with E-state index in [1.54, 1.807) is 13.0 Å². The molecule has 0 fully saturated rings. The van der Waals surface area contributed by atoms with E-state index in [4.69, 9.17) is 0 Å². The molecule has 2 rings (SSSR count). The van der Waals surface area contributed by atoms with E-state index in [1.165, 1.54) is 12.0 Å². The van der Waals surface area contributed by atoms with Gasteiger partial charge in [0.15, 0.2) is 0 Å². The van der Waals surface area contributed by atoms with Crippen LogP contribution < -0.4 is 5.32 Å². The van der Waals surface area contributed by atoms with Gasteiger partial charge in [-0.05, 0) is 62.4 Å². The lowest BCUT2D eigenvalue weighted by Crippen LogP contribution is -2.20. The normalized spacial score (nSPS) is 12.3. The molecule has 0 aliphatic rings. The van der Waals surface area contributed by atoms with Crippen LogP contribution in [0, 0.1) is 12.7 Å². The Bertz CT molecular complexity index is 551. The molecule has 0 spiro atoms. The van der Waals surface area contributed by atoms with Crippen LogP contribution in [0.1, 0.15) is 42.5 Å². The zero-order valence-electron chi connectivity index (χ0n) is 12.9. The molecule has 0 radical (unpaired) electrons. The first-order valence-electron chi connectivity index (χ1n) is 7.70. The maximum Gasteiger partial charge on any atom is 0.126 e. The fourth-order valence-corrected chi connectivity index (χ4v) is 2.41. The third kappa shape index (κ3) is 4.98. The molecule has 0 saturated carbocycles. The van der Waals surface area contributed by atoms with Crippen molar-refractivity contribution >= 4 is 0 Å². The number of aryl methyl sites for hydroxylation is 2. The van der Waals surface area contributed by atoms with Crippen molar-refractivity contribution in [2.24, 2.45) is 0 Å². The van der Waals surface area contributed by atoms with Crippen LogP contribution in [0.2, 0.25) is 0 Å². The lowest BCUT2D eigenvalue weighted by Gasteiger charge is -2.15. The molecule has 0 heterocycles. The number of halogens is 1. The highest BCUT2D eigenvalue weighted by molar-refractivity contribution is 5.25. The van der Waals surface area contributed by atoms with Crippen molar-refractivity contribution in [3.8, 4) is 0 Å². The summed E-state index contributed by atoms with van der Waals surface area (Å²) in [6.07, 6.45) is 3.43. The molecular formula is C19H24FN. The number of hydrogen-bond acceptors (Lipinski definition) is 1. The van der Waals surface area contributed by atoms with Crippen molar-refractivity contribution in [3.63, 3.8) is 0 Å². The van der Waals surface area contributed by atoms with Gasteiger partial charge in [-0.25, -0.2) is 4.39 Å². The number of nitrogens with one attached hydrogen (secondary N) is 1. The van der Waals surface area contributed by atoms with Gasteiger partial charge in [0.1, 0.15) is 5.82 Å². The van der Waals surface area contributed by atoms with Gasteiger partial charge in [-0.15, -0.1) is 0 Å². The Kier molecular flexibility index (Phi) is 5.94. The van der Waals surface area contributed by atoms with E-state index < -0.39 is 0 Å². The quantitative estimate of drug-likeness (QED) is 0.720. The molecular weight excluding hydrogens is 261 g/mol. The lowest BCUT2D eigenvalue weighted by molar-refractivity contribution is 0.540. The second-order valence-corrected chi connectivity index (χ2v) is 5.63. The Morgan fingerprint density at radius 2 is 1.81 bits per heavy atom. The molecule has 0 saturated heterocycles. The molecule has 1 unspecified atom stereocenters. The number of hydrogen-bond donors (Lipinski definition) is 1. The highest BCUT2D eigenvalue weighted by Gasteiger charge is 2.06. The summed E-state index contributed by atoms with van der Waals surface area (Å²) in [6, 6.07) is 16.2. The SMILES string of the molecule is Cc1ccc(C(C)NCCCCc2ccccc2)cc1F. The minimum absolute atomic E-state index is 0.120. The predicted octanol–water partition coefficient (Wildman–Crippen LogP) is 4.81. The van der Waals surface area contributed by atoms with E-state index in [9.17, 15) is 4.39 Å². The summed E-state index contributed by atoms with van der Waals surface area (Å²) in [5.74, 6) is -0.120. The molecule has 1 N–H and O–H groups in total. The van der Waals surface area contributed by atoms with Crippen LogP contribution in [-0.4, -0.2) is 6.54 Å². The van der Waals surface area contributed by atoms with Crippen molar-refractivity contribution < 1.29 is 4.39 Å². The molecule has 21 heavy (non-hydrogen) atoms. The monoisotopic (exact) mass is 285 g/mol. The molecule has 112 valence electrons. The maximum atomic E-state index is 13.5. The molecule has 1 atom stereocenters. The van der Waals surface area contributed by atoms with Crippen LogP contribution in [0.25, 0.3) is 0 Å². The third-order valence-corrected chi connectivity index (χ3v) is 3.88. The Balaban J connectivity index is 1.69. The summed E-state index contributed by atoms with van der Waals surface area (Å²) in [6.45, 7) is 4.84. The smallest absolute Gasteiger partial charge is 0.126 e. The highest BCUT2D eigenvalue weighted by atomic mass is 19.1. The van der Waals surface area contributed by atoms with Crippen LogP contribution in [0.5, 0.6) is 0 Å². The summed E-state index contributed by atoms with van der Waals surface area (Å²) in [5, 5.41) is 3.47. The standard InChI is InChI=1S/C19H24FN/c1-15-11-12-18(14-19(15)20)16(2)21-13-7-6-10-17-8-4-3-5-9-17/h3-5,8-9,11-12,14,16,21H,6-7,10,13H2,1-2H3. The van der Waals surface area contributed by atoms with Gasteiger partial charge in [0.05, 0.1) is 0 Å². The molecule has 0 bridgehead atoms. The molecule has 2 aromatic carbocycles. The zero-order valence-corrected chi connectivity index (χ0v) is 12.9. The molecule has 2 aromatic rings. The van der Waals surface area contributed by atoms with Crippen molar-refractivity contribution in [3.05, 3.63) is 71.0 Å². The molecule has 0 aromatic heterocycles. The minimum Gasteiger partial charge on any atom is -0.310 e. The average molecular weight is 285 g/mol. The minimum atomic E-state index is -0.120. The van der Waals surface area contributed by atoms with E-state index in [2.05, 4.69) is 36.5 Å². The van der Waals surface area contributed by atoms with Crippen LogP contribution in [0.3, 0.4) is 0 Å². The van der Waals surface area contributed by atoms with Gasteiger partial charge in [-0.2, -0.15) is 0 Å². The number of benzene rings is 2. The van der Waals surface area contributed by atoms with Gasteiger partial charge < -0.3 is 5.32 Å². The van der Waals surface area contributed by atoms with Crippen LogP contribution in [-0.2, 0) is 6.42 Å². The first kappa shape index (κ1) is 15.7. The van der Waals surface area contributed by atoms with E-state index in [-0.39, 0.29) is 11.9 Å². The molecule has 2 heteroatoms. The van der Waals surface area contributed by atoms with Crippen LogP contribution in [0.15, 0.2) is 48.5 Å². The summed E-state index contributed by atoms with van der Waals surface area (Å²) in [4.78, 5) is 0. The van der Waals surface area contributed by atoms with Crippen molar-refractivity contribution in [2.75, 3.05) is 6.54 Å². The first-order valence-corrected chi connectivity index (χ1v) is 7.70. The van der Waals surface area contributed by atoms with Gasteiger partial charge in [0.2, 0.25) is 0 Å². The Morgan fingerprint density at radius 1 is 1.05 bits per heavy atom. The predicted molar refractivity (Wildman–Crippen MR) is 86.9 cm³/mol. The average Bonchev–Trinajstić information content (AvgIpc) is 2.50. The van der Waals surface area contributed by atoms with Gasteiger partial charge in [0, 0.05) is 6.04 Å². The lowest BCUT2D eigenvalue weighted by atomic mass is 10.1. The van der Waals surface area contributed by atoms with Gasteiger partial charge in [-0.3, -0.25) is 0 Å². The Hall–Kier alpha value is -1.67. The van der Waals surface area contributed by atoms with E-state index in [0.29, 0.717) is 5.56 Å². The van der Waals surface area contributed by atoms with Gasteiger partial charge in [-0.1, -0.05) is 42.5 Å². The van der Waals surface area contributed by atoms with E-state index in [1.807, 2.05) is 18.2 Å². The Labute approximate surface area is 127 Å². The van der Waals surface area contributed by atoms with E-state index >= 15 is 0 Å². The fraction of sp³-hybridized carbons (Fsp3) is 0.368. The topological polar surface area (TPSA) is 12.0 Å². The van der Waals surface area contributed by atoms with Crippen LogP contribution in [0.4, 0.5) is 4.39 Å². The zero-order chi connectivity index (χ0) is 15.1. The fourth-order valence-electron chi connectivity index (χ4n) is 2.41. The second kappa shape index (κ2) is 7.94. The molecule has 0 aliphatic carbocycles. The largest absolute Gasteiger partial charge is 0.310 e. The third-order valence-electron chi connectivity index (χ3n) is 3.88. The number of rotatable bonds is 7. The molecule has 0 aliphatic heterocycles. The van der Waals surface area contributed by atoms with Crippen molar-refractivity contribution in [1.82, 2.24) is 5.32 Å². The maximum absolute atomic E-state index is 13.5. The van der Waals surface area contributed by atoms with Gasteiger partial charge in [0.25, 0.3) is 0 Å². The summed E-state index contributed by atoms with van der Waals surface area (Å²) >= 11 is 0. The van der Waals surface area contributed by atoms with E-state index in [0.717, 1.165) is 24.9 Å². The highest BCUT2D eigenvalue weighted by Crippen LogP contribution is 2.16. The van der Waals surface area contributed by atoms with Crippen molar-refractivity contribution in [1.29, 1.82) is 0 Å². The first-order chi connectivity index (χ1) is 10.2.